The Kier molecular flexibility index (Phi) is 9.03. The van der Waals surface area contributed by atoms with E-state index >= 15 is 0 Å². The van der Waals surface area contributed by atoms with Crippen LogP contribution in [0.25, 0.3) is 0 Å². The topological polar surface area (TPSA) is 74.4 Å². The van der Waals surface area contributed by atoms with E-state index in [0.29, 0.717) is 12.2 Å². The molecule has 130 valence electrons. The van der Waals surface area contributed by atoms with Crippen LogP contribution in [0.3, 0.4) is 0 Å². The van der Waals surface area contributed by atoms with Gasteiger partial charge in [-0.25, -0.2) is 4.98 Å². The number of aromatic nitrogens is 1. The normalized spacial score (nSPS) is 11.5. The van der Waals surface area contributed by atoms with E-state index in [1.54, 1.807) is 12.1 Å². The van der Waals surface area contributed by atoms with Crippen LogP contribution >= 0.6 is 35.6 Å². The predicted octanol–water partition coefficient (Wildman–Crippen LogP) is 3.40. The maximum atomic E-state index is 11.8. The molecule has 1 aromatic heterocycles. The zero-order valence-corrected chi connectivity index (χ0v) is 15.0. The van der Waals surface area contributed by atoms with Gasteiger partial charge < -0.3 is 15.2 Å². The van der Waals surface area contributed by atoms with Crippen molar-refractivity contribution in [2.45, 2.75) is 19.3 Å². The van der Waals surface area contributed by atoms with Gasteiger partial charge in [-0.2, -0.15) is 0 Å². The molecule has 0 aliphatic carbocycles. The highest BCUT2D eigenvalue weighted by Gasteiger charge is 2.15. The van der Waals surface area contributed by atoms with Gasteiger partial charge in [-0.1, -0.05) is 53.5 Å². The number of hydrogen-bond donors (Lipinski definition) is 1. The Bertz CT molecular complexity index is 636. The summed E-state index contributed by atoms with van der Waals surface area (Å²) in [6.07, 6.45) is 0. The highest BCUT2D eigenvalue weighted by molar-refractivity contribution is 6.32. The molecule has 0 radical (unpaired) electrons. The van der Waals surface area contributed by atoms with Crippen LogP contribution in [-0.2, 0) is 27.5 Å². The van der Waals surface area contributed by atoms with Crippen LogP contribution in [0.15, 0.2) is 42.5 Å². The molecular formula is C16H17Cl3N2O3. The summed E-state index contributed by atoms with van der Waals surface area (Å²) in [7, 11) is 0. The van der Waals surface area contributed by atoms with Crippen molar-refractivity contribution < 1.29 is 14.3 Å². The average molecular weight is 392 g/mol. The molecule has 2 rings (SSSR count). The number of carbonyl (C=O) groups is 1. The van der Waals surface area contributed by atoms with Crippen LogP contribution in [0.2, 0.25) is 10.3 Å². The summed E-state index contributed by atoms with van der Waals surface area (Å²) in [4.78, 5) is 15.6. The van der Waals surface area contributed by atoms with E-state index in [1.165, 1.54) is 0 Å². The molecule has 5 nitrogen and oxygen atoms in total. The fourth-order valence-electron chi connectivity index (χ4n) is 1.81. The molecule has 0 unspecified atom stereocenters. The Labute approximate surface area is 156 Å². The first-order valence-corrected chi connectivity index (χ1v) is 7.66. The van der Waals surface area contributed by atoms with Gasteiger partial charge in [-0.3, -0.25) is 4.79 Å². The molecule has 0 spiro atoms. The van der Waals surface area contributed by atoms with Crippen molar-refractivity contribution >= 4 is 41.6 Å². The third-order valence-corrected chi connectivity index (χ3v) is 3.30. The summed E-state index contributed by atoms with van der Waals surface area (Å²) in [6.45, 7) is 0.482. The molecule has 0 aliphatic rings. The van der Waals surface area contributed by atoms with Crippen LogP contribution in [0.5, 0.6) is 0 Å². The third-order valence-electron chi connectivity index (χ3n) is 2.92. The highest BCUT2D eigenvalue weighted by atomic mass is 35.5. The second-order valence-electron chi connectivity index (χ2n) is 4.84. The van der Waals surface area contributed by atoms with Crippen LogP contribution in [0.4, 0.5) is 0 Å². The monoisotopic (exact) mass is 390 g/mol. The van der Waals surface area contributed by atoms with E-state index in [1.807, 2.05) is 30.3 Å². The van der Waals surface area contributed by atoms with Crippen LogP contribution in [-0.4, -0.2) is 23.6 Å². The second kappa shape index (κ2) is 10.5. The van der Waals surface area contributed by atoms with E-state index in [-0.39, 0.29) is 35.9 Å². The molecular weight excluding hydrogens is 375 g/mol. The lowest BCUT2D eigenvalue weighted by Gasteiger charge is -2.12. The lowest BCUT2D eigenvalue weighted by Crippen LogP contribution is -2.36. The summed E-state index contributed by atoms with van der Waals surface area (Å²) >= 11 is 11.5. The van der Waals surface area contributed by atoms with E-state index in [0.717, 1.165) is 5.56 Å². The molecule has 1 atom stereocenters. The number of hydrogen-bond acceptors (Lipinski definition) is 5. The molecule has 24 heavy (non-hydrogen) atoms. The van der Waals surface area contributed by atoms with Crippen LogP contribution in [0, 0.1) is 0 Å². The summed E-state index contributed by atoms with van der Waals surface area (Å²) in [5.41, 5.74) is 7.39. The Morgan fingerprint density at radius 1 is 1.08 bits per heavy atom. The molecule has 0 aliphatic heterocycles. The molecule has 0 saturated heterocycles. The number of halogens is 3. The first-order valence-electron chi connectivity index (χ1n) is 6.90. The average Bonchev–Trinajstić information content (AvgIpc) is 2.52. The van der Waals surface area contributed by atoms with Gasteiger partial charge in [0.05, 0.1) is 13.2 Å². The number of pyridine rings is 1. The Morgan fingerprint density at radius 2 is 1.71 bits per heavy atom. The van der Waals surface area contributed by atoms with E-state index in [9.17, 15) is 4.79 Å². The van der Waals surface area contributed by atoms with Gasteiger partial charge in [-0.15, -0.1) is 12.4 Å². The minimum Gasteiger partial charge on any atom is -0.460 e. The largest absolute Gasteiger partial charge is 0.460 e. The number of nitrogens with two attached hydrogens (primary N) is 1. The van der Waals surface area contributed by atoms with Crippen LogP contribution in [0.1, 0.15) is 11.1 Å². The standard InChI is InChI=1S/C16H16Cl2N2O3.ClH/c17-14-6-12(7-15(18)20-14)9-23-16(21)13(19)10-22-8-11-4-2-1-3-5-11;/h1-7,13H,8-10,19H2;1H/t13-;/m0./s1. The van der Waals surface area contributed by atoms with Gasteiger partial charge >= 0.3 is 5.97 Å². The number of ether oxygens (including phenoxy) is 2. The summed E-state index contributed by atoms with van der Waals surface area (Å²) in [6, 6.07) is 11.9. The molecule has 2 aromatic rings. The van der Waals surface area contributed by atoms with Gasteiger partial charge in [0.2, 0.25) is 0 Å². The Hall–Kier alpha value is -1.37. The zero-order valence-electron chi connectivity index (χ0n) is 12.7. The molecule has 8 heteroatoms. The first kappa shape index (κ1) is 20.7. The number of esters is 1. The van der Waals surface area contributed by atoms with Gasteiger partial charge in [0.15, 0.2) is 0 Å². The first-order chi connectivity index (χ1) is 11.0. The molecule has 2 N–H and O–H groups in total. The SMILES string of the molecule is Cl.N[C@@H](COCc1ccccc1)C(=O)OCc1cc(Cl)nc(Cl)c1. The minimum atomic E-state index is -0.855. The molecule has 0 amide bonds. The molecule has 1 heterocycles. The molecule has 0 saturated carbocycles. The number of rotatable bonds is 7. The van der Waals surface area contributed by atoms with E-state index in [2.05, 4.69) is 4.98 Å². The fraction of sp³-hybridized carbons (Fsp3) is 0.250. The van der Waals surface area contributed by atoms with Gasteiger partial charge in [-0.05, 0) is 23.3 Å². The van der Waals surface area contributed by atoms with Crippen molar-refractivity contribution in [2.24, 2.45) is 5.73 Å². The summed E-state index contributed by atoms with van der Waals surface area (Å²) in [5, 5.41) is 0.470. The van der Waals surface area contributed by atoms with Crippen molar-refractivity contribution in [2.75, 3.05) is 6.61 Å². The number of benzene rings is 1. The summed E-state index contributed by atoms with van der Waals surface area (Å²) < 4.78 is 10.5. The van der Waals surface area contributed by atoms with E-state index in [4.69, 9.17) is 38.4 Å². The summed E-state index contributed by atoms with van der Waals surface area (Å²) in [5.74, 6) is -0.554. The van der Waals surface area contributed by atoms with Crippen molar-refractivity contribution in [3.05, 3.63) is 63.9 Å². The van der Waals surface area contributed by atoms with Gasteiger partial charge in [0.1, 0.15) is 23.0 Å². The predicted molar refractivity (Wildman–Crippen MR) is 95.4 cm³/mol. The van der Waals surface area contributed by atoms with Crippen molar-refractivity contribution in [1.82, 2.24) is 4.98 Å². The maximum absolute atomic E-state index is 11.8. The lowest BCUT2D eigenvalue weighted by atomic mass is 10.2. The second-order valence-corrected chi connectivity index (χ2v) is 5.61. The molecule has 0 bridgehead atoms. The number of carbonyl (C=O) groups excluding carboxylic acids is 1. The highest BCUT2D eigenvalue weighted by Crippen LogP contribution is 2.15. The van der Waals surface area contributed by atoms with E-state index < -0.39 is 12.0 Å². The lowest BCUT2D eigenvalue weighted by molar-refractivity contribution is -0.148. The van der Waals surface area contributed by atoms with Gasteiger partial charge in [0.25, 0.3) is 0 Å². The quantitative estimate of drug-likeness (QED) is 0.578. The Morgan fingerprint density at radius 3 is 2.33 bits per heavy atom. The third kappa shape index (κ3) is 7.03. The smallest absolute Gasteiger partial charge is 0.325 e. The Balaban J connectivity index is 0.00000288. The van der Waals surface area contributed by atoms with Gasteiger partial charge in [0, 0.05) is 0 Å². The number of nitrogens with zero attached hydrogens (tertiary/aromatic N) is 1. The van der Waals surface area contributed by atoms with Crippen molar-refractivity contribution in [1.29, 1.82) is 0 Å². The fourth-order valence-corrected chi connectivity index (χ4v) is 2.31. The minimum absolute atomic E-state index is 0. The zero-order chi connectivity index (χ0) is 16.7. The van der Waals surface area contributed by atoms with Crippen molar-refractivity contribution in [3.63, 3.8) is 0 Å². The molecule has 0 fully saturated rings. The van der Waals surface area contributed by atoms with Crippen molar-refractivity contribution in [3.8, 4) is 0 Å². The maximum Gasteiger partial charge on any atom is 0.325 e. The molecule has 1 aromatic carbocycles. The van der Waals surface area contributed by atoms with Crippen LogP contribution < -0.4 is 5.73 Å².